The Balaban J connectivity index is 1.94. The Morgan fingerprint density at radius 1 is 1.50 bits per heavy atom. The summed E-state index contributed by atoms with van der Waals surface area (Å²) < 4.78 is 13.4. The van der Waals surface area contributed by atoms with E-state index in [1.54, 1.807) is 12.1 Å². The lowest BCUT2D eigenvalue weighted by atomic mass is 10.1. The second kappa shape index (κ2) is 4.83. The zero-order valence-corrected chi connectivity index (χ0v) is 9.62. The number of hydrogen-bond acceptors (Lipinski definition) is 2. The van der Waals surface area contributed by atoms with Gasteiger partial charge >= 0.3 is 0 Å². The molecule has 0 aliphatic carbocycles. The van der Waals surface area contributed by atoms with Gasteiger partial charge in [0.25, 0.3) is 0 Å². The Kier molecular flexibility index (Phi) is 3.44. The van der Waals surface area contributed by atoms with Gasteiger partial charge in [0.2, 0.25) is 0 Å². The number of nitrogens with zero attached hydrogens (tertiary/aromatic N) is 1. The maximum Gasteiger partial charge on any atom is 0.130 e. The molecule has 1 aliphatic rings. The summed E-state index contributed by atoms with van der Waals surface area (Å²) in [5, 5.41) is 9.11. The summed E-state index contributed by atoms with van der Waals surface area (Å²) in [4.78, 5) is 2.40. The molecule has 1 heterocycles. The summed E-state index contributed by atoms with van der Waals surface area (Å²) in [6, 6.07) is 5.03. The molecule has 1 aromatic carbocycles. The second-order valence-electron chi connectivity index (χ2n) is 4.55. The highest BCUT2D eigenvalue weighted by Gasteiger charge is 2.19. The molecule has 2 rings (SSSR count). The first kappa shape index (κ1) is 11.4. The minimum absolute atomic E-state index is 0.00390. The molecule has 3 heteroatoms. The van der Waals surface area contributed by atoms with Gasteiger partial charge in [0, 0.05) is 18.7 Å². The van der Waals surface area contributed by atoms with E-state index >= 15 is 0 Å². The van der Waals surface area contributed by atoms with Crippen LogP contribution in [0.3, 0.4) is 0 Å². The third-order valence-corrected chi connectivity index (χ3v) is 3.40. The molecule has 1 fully saturated rings. The molecule has 0 saturated carbocycles. The quantitative estimate of drug-likeness (QED) is 0.851. The highest BCUT2D eigenvalue weighted by atomic mass is 19.1. The number of phenolic OH excluding ortho intramolecular Hbond substituents is 1. The zero-order chi connectivity index (χ0) is 11.5. The largest absolute Gasteiger partial charge is 0.508 e. The first-order valence-corrected chi connectivity index (χ1v) is 5.88. The summed E-state index contributed by atoms with van der Waals surface area (Å²) in [5.41, 5.74) is 0.692. The molecular formula is C13H18FNO. The third kappa shape index (κ3) is 2.53. The van der Waals surface area contributed by atoms with Crippen molar-refractivity contribution in [3.63, 3.8) is 0 Å². The van der Waals surface area contributed by atoms with Gasteiger partial charge in [-0.05, 0) is 44.4 Å². The van der Waals surface area contributed by atoms with E-state index in [0.29, 0.717) is 11.6 Å². The molecule has 2 nitrogen and oxygen atoms in total. The zero-order valence-electron chi connectivity index (χ0n) is 9.62. The first-order chi connectivity index (χ1) is 7.66. The Morgan fingerprint density at radius 3 is 2.94 bits per heavy atom. The molecule has 1 aromatic rings. The van der Waals surface area contributed by atoms with Crippen LogP contribution in [0.4, 0.5) is 4.39 Å². The van der Waals surface area contributed by atoms with Crippen LogP contribution in [0.25, 0.3) is 0 Å². The molecule has 0 bridgehead atoms. The molecule has 1 unspecified atom stereocenters. The molecule has 0 amide bonds. The van der Waals surface area contributed by atoms with Crippen molar-refractivity contribution in [1.82, 2.24) is 4.90 Å². The van der Waals surface area contributed by atoms with Crippen LogP contribution in [0, 0.1) is 5.82 Å². The summed E-state index contributed by atoms with van der Waals surface area (Å²) in [6.07, 6.45) is 3.22. The van der Waals surface area contributed by atoms with Gasteiger partial charge in [-0.1, -0.05) is 6.07 Å². The number of rotatable bonds is 3. The maximum absolute atomic E-state index is 13.4. The highest BCUT2D eigenvalue weighted by molar-refractivity contribution is 5.27. The maximum atomic E-state index is 13.4. The fourth-order valence-corrected chi connectivity index (χ4v) is 2.33. The Hall–Kier alpha value is -1.09. The fraction of sp³-hybridized carbons (Fsp3) is 0.538. The van der Waals surface area contributed by atoms with Gasteiger partial charge < -0.3 is 10.0 Å². The predicted octanol–water partition coefficient (Wildman–Crippen LogP) is 2.56. The van der Waals surface area contributed by atoms with Crippen molar-refractivity contribution in [2.75, 3.05) is 13.1 Å². The number of phenols is 1. The van der Waals surface area contributed by atoms with Crippen LogP contribution < -0.4 is 0 Å². The SMILES string of the molecule is CC1CCCN1CCc1ccc(O)cc1F. The van der Waals surface area contributed by atoms with E-state index in [9.17, 15) is 4.39 Å². The topological polar surface area (TPSA) is 23.5 Å². The van der Waals surface area contributed by atoms with E-state index in [-0.39, 0.29) is 11.6 Å². The van der Waals surface area contributed by atoms with Crippen molar-refractivity contribution >= 4 is 0 Å². The predicted molar refractivity (Wildman–Crippen MR) is 62.0 cm³/mol. The average Bonchev–Trinajstić information content (AvgIpc) is 2.63. The Bertz CT molecular complexity index is 367. The summed E-state index contributed by atoms with van der Waals surface area (Å²) in [6.45, 7) is 4.25. The van der Waals surface area contributed by atoms with Crippen LogP contribution in [0.2, 0.25) is 0 Å². The van der Waals surface area contributed by atoms with Crippen molar-refractivity contribution in [3.05, 3.63) is 29.6 Å². The van der Waals surface area contributed by atoms with Crippen molar-refractivity contribution in [2.45, 2.75) is 32.2 Å². The lowest BCUT2D eigenvalue weighted by Gasteiger charge is -2.20. The smallest absolute Gasteiger partial charge is 0.130 e. The van der Waals surface area contributed by atoms with Crippen molar-refractivity contribution in [1.29, 1.82) is 0 Å². The van der Waals surface area contributed by atoms with E-state index < -0.39 is 0 Å². The summed E-state index contributed by atoms with van der Waals surface area (Å²) in [5.74, 6) is -0.303. The normalized spacial score (nSPS) is 21.5. The van der Waals surface area contributed by atoms with E-state index in [4.69, 9.17) is 5.11 Å². The van der Waals surface area contributed by atoms with Gasteiger partial charge in [-0.2, -0.15) is 0 Å². The number of halogens is 1. The van der Waals surface area contributed by atoms with Gasteiger partial charge in [-0.15, -0.1) is 0 Å². The number of likely N-dealkylation sites (tertiary alicyclic amines) is 1. The van der Waals surface area contributed by atoms with E-state index in [1.165, 1.54) is 18.9 Å². The van der Waals surface area contributed by atoms with Crippen LogP contribution in [0.5, 0.6) is 5.75 Å². The van der Waals surface area contributed by atoms with Crippen molar-refractivity contribution in [3.8, 4) is 5.75 Å². The Morgan fingerprint density at radius 2 is 2.31 bits per heavy atom. The Labute approximate surface area is 95.7 Å². The molecule has 0 aromatic heterocycles. The van der Waals surface area contributed by atoms with Crippen LogP contribution >= 0.6 is 0 Å². The van der Waals surface area contributed by atoms with E-state index in [1.807, 2.05) is 0 Å². The summed E-state index contributed by atoms with van der Waals surface area (Å²) >= 11 is 0. The average molecular weight is 223 g/mol. The van der Waals surface area contributed by atoms with Gasteiger partial charge in [-0.3, -0.25) is 0 Å². The van der Waals surface area contributed by atoms with Gasteiger partial charge in [0.05, 0.1) is 0 Å². The molecular weight excluding hydrogens is 205 g/mol. The molecule has 1 saturated heterocycles. The number of aromatic hydroxyl groups is 1. The van der Waals surface area contributed by atoms with E-state index in [2.05, 4.69) is 11.8 Å². The minimum atomic E-state index is -0.299. The molecule has 1 aliphatic heterocycles. The number of benzene rings is 1. The third-order valence-electron chi connectivity index (χ3n) is 3.40. The minimum Gasteiger partial charge on any atom is -0.508 e. The second-order valence-corrected chi connectivity index (χ2v) is 4.55. The van der Waals surface area contributed by atoms with Crippen LogP contribution in [-0.4, -0.2) is 29.1 Å². The first-order valence-electron chi connectivity index (χ1n) is 5.88. The fourth-order valence-electron chi connectivity index (χ4n) is 2.33. The highest BCUT2D eigenvalue weighted by Crippen LogP contribution is 2.19. The molecule has 1 N–H and O–H groups in total. The monoisotopic (exact) mass is 223 g/mol. The molecule has 0 spiro atoms. The molecule has 88 valence electrons. The summed E-state index contributed by atoms with van der Waals surface area (Å²) in [7, 11) is 0. The van der Waals surface area contributed by atoms with Gasteiger partial charge in [0.15, 0.2) is 0 Å². The molecule has 0 radical (unpaired) electrons. The van der Waals surface area contributed by atoms with Crippen LogP contribution in [0.15, 0.2) is 18.2 Å². The van der Waals surface area contributed by atoms with Crippen LogP contribution in [0.1, 0.15) is 25.3 Å². The molecule has 16 heavy (non-hydrogen) atoms. The molecule has 1 atom stereocenters. The van der Waals surface area contributed by atoms with Crippen molar-refractivity contribution < 1.29 is 9.50 Å². The lowest BCUT2D eigenvalue weighted by molar-refractivity contribution is 0.271. The van der Waals surface area contributed by atoms with Gasteiger partial charge in [-0.25, -0.2) is 4.39 Å². The van der Waals surface area contributed by atoms with Gasteiger partial charge in [0.1, 0.15) is 11.6 Å². The van der Waals surface area contributed by atoms with Crippen molar-refractivity contribution in [2.24, 2.45) is 0 Å². The lowest BCUT2D eigenvalue weighted by Crippen LogP contribution is -2.29. The van der Waals surface area contributed by atoms with E-state index in [0.717, 1.165) is 19.5 Å². The standard InChI is InChI=1S/C13H18FNO/c1-10-3-2-7-15(10)8-6-11-4-5-12(16)9-13(11)14/h4-5,9-10,16H,2-3,6-8H2,1H3. The number of hydrogen-bond donors (Lipinski definition) is 1. The van der Waals surface area contributed by atoms with Crippen LogP contribution in [-0.2, 0) is 6.42 Å².